The molecule has 0 spiro atoms. The maximum atomic E-state index is 6.24. The summed E-state index contributed by atoms with van der Waals surface area (Å²) < 4.78 is 0. The summed E-state index contributed by atoms with van der Waals surface area (Å²) in [5.41, 5.74) is 10.9. The second-order valence-corrected chi connectivity index (χ2v) is 4.91. The molecule has 1 aromatic heterocycles. The number of H-pyrrole nitrogens is 1. The third kappa shape index (κ3) is 2.78. The molecule has 100 valence electrons. The van der Waals surface area contributed by atoms with Gasteiger partial charge in [-0.3, -0.25) is 5.10 Å². The van der Waals surface area contributed by atoms with Crippen LogP contribution in [-0.4, -0.2) is 10.2 Å². The smallest absolute Gasteiger partial charge is 0.0565 e. The molecule has 0 aliphatic carbocycles. The molecule has 0 aliphatic heterocycles. The van der Waals surface area contributed by atoms with Crippen LogP contribution < -0.4 is 5.73 Å². The molecule has 1 atom stereocenters. The fourth-order valence-electron chi connectivity index (χ4n) is 2.31. The minimum atomic E-state index is 0.0379. The van der Waals surface area contributed by atoms with E-state index < -0.39 is 0 Å². The van der Waals surface area contributed by atoms with Crippen LogP contribution in [0.4, 0.5) is 0 Å². The number of hydrogen-bond acceptors (Lipinski definition) is 2. The minimum absolute atomic E-state index is 0.0379. The van der Waals surface area contributed by atoms with Crippen LogP contribution in [0.5, 0.6) is 0 Å². The van der Waals surface area contributed by atoms with Gasteiger partial charge in [0.1, 0.15) is 0 Å². The predicted octanol–water partition coefficient (Wildman–Crippen LogP) is 3.32. The summed E-state index contributed by atoms with van der Waals surface area (Å²) in [5.74, 6) is 0. The van der Waals surface area contributed by atoms with Crippen molar-refractivity contribution in [2.45, 2.75) is 12.5 Å². The third-order valence-electron chi connectivity index (χ3n) is 3.47. The first-order chi connectivity index (χ1) is 9.83. The first-order valence-corrected chi connectivity index (χ1v) is 6.71. The zero-order valence-electron chi connectivity index (χ0n) is 11.2. The summed E-state index contributed by atoms with van der Waals surface area (Å²) in [6.45, 7) is 0. The van der Waals surface area contributed by atoms with E-state index in [0.717, 1.165) is 17.5 Å². The van der Waals surface area contributed by atoms with Gasteiger partial charge in [-0.1, -0.05) is 54.6 Å². The number of rotatable bonds is 4. The second kappa shape index (κ2) is 5.72. The molecule has 1 unspecified atom stereocenters. The van der Waals surface area contributed by atoms with Gasteiger partial charge in [0.05, 0.1) is 6.20 Å². The third-order valence-corrected chi connectivity index (χ3v) is 3.47. The Balaban J connectivity index is 1.72. The van der Waals surface area contributed by atoms with Crippen LogP contribution in [0.15, 0.2) is 67.0 Å². The van der Waals surface area contributed by atoms with Gasteiger partial charge in [0.15, 0.2) is 0 Å². The van der Waals surface area contributed by atoms with Crippen molar-refractivity contribution < 1.29 is 0 Å². The maximum Gasteiger partial charge on any atom is 0.0565 e. The average molecular weight is 263 g/mol. The van der Waals surface area contributed by atoms with E-state index in [1.165, 1.54) is 11.1 Å². The normalized spacial score (nSPS) is 12.2. The monoisotopic (exact) mass is 263 g/mol. The Morgan fingerprint density at radius 2 is 1.70 bits per heavy atom. The molecular weight excluding hydrogens is 246 g/mol. The SMILES string of the molecule is NC(Cc1ccc(-c2cn[nH]c2)cc1)c1ccccc1. The van der Waals surface area contributed by atoms with Crippen molar-refractivity contribution in [1.82, 2.24) is 10.2 Å². The lowest BCUT2D eigenvalue weighted by molar-refractivity contribution is 0.722. The Kier molecular flexibility index (Phi) is 3.61. The predicted molar refractivity (Wildman–Crippen MR) is 81.1 cm³/mol. The number of aromatic nitrogens is 2. The Morgan fingerprint density at radius 3 is 2.35 bits per heavy atom. The Morgan fingerprint density at radius 1 is 0.950 bits per heavy atom. The maximum absolute atomic E-state index is 6.24. The number of hydrogen-bond donors (Lipinski definition) is 2. The van der Waals surface area contributed by atoms with Gasteiger partial charge in [0.25, 0.3) is 0 Å². The molecule has 0 amide bonds. The lowest BCUT2D eigenvalue weighted by Crippen LogP contribution is -2.13. The first-order valence-electron chi connectivity index (χ1n) is 6.71. The highest BCUT2D eigenvalue weighted by Crippen LogP contribution is 2.20. The molecule has 20 heavy (non-hydrogen) atoms. The summed E-state index contributed by atoms with van der Waals surface area (Å²) in [7, 11) is 0. The summed E-state index contributed by atoms with van der Waals surface area (Å²) in [5, 5.41) is 6.79. The van der Waals surface area contributed by atoms with Crippen LogP contribution >= 0.6 is 0 Å². The summed E-state index contributed by atoms with van der Waals surface area (Å²) >= 11 is 0. The van der Waals surface area contributed by atoms with E-state index in [1.807, 2.05) is 30.6 Å². The molecule has 0 aliphatic rings. The summed E-state index contributed by atoms with van der Waals surface area (Å²) in [4.78, 5) is 0. The van der Waals surface area contributed by atoms with Gasteiger partial charge >= 0.3 is 0 Å². The van der Waals surface area contributed by atoms with E-state index in [1.54, 1.807) is 0 Å². The van der Waals surface area contributed by atoms with Gasteiger partial charge in [-0.25, -0.2) is 0 Å². The largest absolute Gasteiger partial charge is 0.324 e. The molecule has 0 saturated heterocycles. The van der Waals surface area contributed by atoms with Crippen molar-refractivity contribution in [3.63, 3.8) is 0 Å². The van der Waals surface area contributed by atoms with E-state index in [-0.39, 0.29) is 6.04 Å². The molecule has 0 bridgehead atoms. The minimum Gasteiger partial charge on any atom is -0.324 e. The van der Waals surface area contributed by atoms with E-state index in [0.29, 0.717) is 0 Å². The number of benzene rings is 2. The molecule has 0 radical (unpaired) electrons. The number of nitrogens with two attached hydrogens (primary N) is 1. The molecule has 3 N–H and O–H groups in total. The van der Waals surface area contributed by atoms with Gasteiger partial charge in [-0.05, 0) is 23.1 Å². The van der Waals surface area contributed by atoms with Gasteiger partial charge in [-0.15, -0.1) is 0 Å². The average Bonchev–Trinajstić information content (AvgIpc) is 3.03. The molecule has 0 fully saturated rings. The highest BCUT2D eigenvalue weighted by Gasteiger charge is 2.07. The van der Waals surface area contributed by atoms with Crippen LogP contribution in [0.1, 0.15) is 17.2 Å². The summed E-state index contributed by atoms with van der Waals surface area (Å²) in [6, 6.07) is 18.7. The van der Waals surface area contributed by atoms with E-state index in [9.17, 15) is 0 Å². The van der Waals surface area contributed by atoms with Crippen LogP contribution in [0.25, 0.3) is 11.1 Å². The topological polar surface area (TPSA) is 54.7 Å². The molecule has 2 aromatic carbocycles. The highest BCUT2D eigenvalue weighted by atomic mass is 15.1. The van der Waals surface area contributed by atoms with E-state index in [4.69, 9.17) is 5.73 Å². The Bertz CT molecular complexity index is 642. The fraction of sp³-hybridized carbons (Fsp3) is 0.118. The molecule has 3 heteroatoms. The number of nitrogens with zero attached hydrogens (tertiary/aromatic N) is 1. The van der Waals surface area contributed by atoms with Crippen LogP contribution in [0.2, 0.25) is 0 Å². The van der Waals surface area contributed by atoms with Crippen molar-refractivity contribution in [2.24, 2.45) is 5.73 Å². The van der Waals surface area contributed by atoms with Crippen molar-refractivity contribution in [3.8, 4) is 11.1 Å². The van der Waals surface area contributed by atoms with Crippen LogP contribution in [0, 0.1) is 0 Å². The van der Waals surface area contributed by atoms with Gasteiger partial charge in [-0.2, -0.15) is 5.10 Å². The lowest BCUT2D eigenvalue weighted by Gasteiger charge is -2.12. The second-order valence-electron chi connectivity index (χ2n) is 4.91. The standard InChI is InChI=1S/C17H17N3/c18-17(15-4-2-1-3-5-15)10-13-6-8-14(9-7-13)16-11-19-20-12-16/h1-9,11-12,17H,10,18H2,(H,19,20). The van der Waals surface area contributed by atoms with Crippen molar-refractivity contribution >= 4 is 0 Å². The van der Waals surface area contributed by atoms with Crippen molar-refractivity contribution in [3.05, 3.63) is 78.1 Å². The molecule has 3 aromatic rings. The molecule has 3 nitrogen and oxygen atoms in total. The molecule has 0 saturated carbocycles. The lowest BCUT2D eigenvalue weighted by atomic mass is 9.98. The summed E-state index contributed by atoms with van der Waals surface area (Å²) in [6.07, 6.45) is 4.56. The van der Waals surface area contributed by atoms with E-state index >= 15 is 0 Å². The van der Waals surface area contributed by atoms with Crippen LogP contribution in [-0.2, 0) is 6.42 Å². The molecular formula is C17H17N3. The van der Waals surface area contributed by atoms with E-state index in [2.05, 4.69) is 46.6 Å². The zero-order chi connectivity index (χ0) is 13.8. The zero-order valence-corrected chi connectivity index (χ0v) is 11.2. The Labute approximate surface area is 118 Å². The quantitative estimate of drug-likeness (QED) is 0.758. The first kappa shape index (κ1) is 12.6. The van der Waals surface area contributed by atoms with Crippen molar-refractivity contribution in [1.29, 1.82) is 0 Å². The van der Waals surface area contributed by atoms with Gasteiger partial charge in [0, 0.05) is 17.8 Å². The van der Waals surface area contributed by atoms with Gasteiger partial charge < -0.3 is 5.73 Å². The van der Waals surface area contributed by atoms with Crippen LogP contribution in [0.3, 0.4) is 0 Å². The van der Waals surface area contributed by atoms with Crippen molar-refractivity contribution in [2.75, 3.05) is 0 Å². The fourth-order valence-corrected chi connectivity index (χ4v) is 2.31. The number of nitrogens with one attached hydrogen (secondary N) is 1. The molecule has 1 heterocycles. The number of aromatic amines is 1. The highest BCUT2D eigenvalue weighted by molar-refractivity contribution is 5.61. The van der Waals surface area contributed by atoms with Gasteiger partial charge in [0.2, 0.25) is 0 Å². The molecule has 3 rings (SSSR count). The Hall–Kier alpha value is -2.39.